The van der Waals surface area contributed by atoms with Gasteiger partial charge in [-0.05, 0) is 32.5 Å². The van der Waals surface area contributed by atoms with Crippen LogP contribution in [0.1, 0.15) is 27.2 Å². The fourth-order valence-corrected chi connectivity index (χ4v) is 2.06. The normalized spacial score (nSPS) is 16.2. The van der Waals surface area contributed by atoms with Crippen LogP contribution in [0.25, 0.3) is 0 Å². The number of hydrogen-bond donors (Lipinski definition) is 2. The molecule has 0 fully saturated rings. The quantitative estimate of drug-likeness (QED) is 0.669. The molecule has 2 N–H and O–H groups in total. The number of hydrogen-bond acceptors (Lipinski definition) is 4. The fourth-order valence-electron chi connectivity index (χ4n) is 2.06. The van der Waals surface area contributed by atoms with E-state index < -0.39 is 6.10 Å². The van der Waals surface area contributed by atoms with E-state index in [1.807, 2.05) is 14.1 Å². The SMILES string of the molecule is CNC(CCN(C)CC(O)COC)C(C)(C)C. The van der Waals surface area contributed by atoms with Crippen molar-refractivity contribution in [3.63, 3.8) is 0 Å². The van der Waals surface area contributed by atoms with E-state index in [1.54, 1.807) is 7.11 Å². The largest absolute Gasteiger partial charge is 0.389 e. The second-order valence-corrected chi connectivity index (χ2v) is 5.87. The maximum absolute atomic E-state index is 9.62. The molecule has 0 aliphatic carbocycles. The van der Waals surface area contributed by atoms with Crippen LogP contribution in [0.2, 0.25) is 0 Å². The van der Waals surface area contributed by atoms with Crippen LogP contribution >= 0.6 is 0 Å². The molecule has 0 aromatic rings. The van der Waals surface area contributed by atoms with E-state index in [0.29, 0.717) is 19.2 Å². The lowest BCUT2D eigenvalue weighted by atomic mass is 9.85. The molecule has 0 amide bonds. The molecule has 104 valence electrons. The van der Waals surface area contributed by atoms with Crippen molar-refractivity contribution in [1.82, 2.24) is 10.2 Å². The molecular formula is C13H30N2O2. The molecule has 0 aromatic heterocycles. The van der Waals surface area contributed by atoms with Crippen molar-refractivity contribution in [3.8, 4) is 0 Å². The van der Waals surface area contributed by atoms with E-state index in [-0.39, 0.29) is 5.41 Å². The lowest BCUT2D eigenvalue weighted by Crippen LogP contribution is -2.41. The number of ether oxygens (including phenoxy) is 1. The van der Waals surface area contributed by atoms with Gasteiger partial charge >= 0.3 is 0 Å². The van der Waals surface area contributed by atoms with Crippen LogP contribution in [-0.2, 0) is 4.74 Å². The first-order valence-corrected chi connectivity index (χ1v) is 6.34. The van der Waals surface area contributed by atoms with Gasteiger partial charge in [0, 0.05) is 19.7 Å². The molecule has 0 aromatic carbocycles. The highest BCUT2D eigenvalue weighted by Gasteiger charge is 2.23. The van der Waals surface area contributed by atoms with Crippen LogP contribution < -0.4 is 5.32 Å². The van der Waals surface area contributed by atoms with Crippen LogP contribution in [0.4, 0.5) is 0 Å². The highest BCUT2D eigenvalue weighted by atomic mass is 16.5. The Morgan fingerprint density at radius 3 is 2.35 bits per heavy atom. The van der Waals surface area contributed by atoms with E-state index in [1.165, 1.54) is 0 Å². The van der Waals surface area contributed by atoms with Gasteiger partial charge in [-0.3, -0.25) is 0 Å². The summed E-state index contributed by atoms with van der Waals surface area (Å²) in [4.78, 5) is 2.15. The number of rotatable bonds is 8. The maximum Gasteiger partial charge on any atom is 0.0899 e. The number of aliphatic hydroxyl groups is 1. The van der Waals surface area contributed by atoms with Gasteiger partial charge in [0.2, 0.25) is 0 Å². The first-order valence-electron chi connectivity index (χ1n) is 6.34. The van der Waals surface area contributed by atoms with Crippen molar-refractivity contribution in [3.05, 3.63) is 0 Å². The molecule has 0 radical (unpaired) electrons. The predicted molar refractivity (Wildman–Crippen MR) is 72.3 cm³/mol. The standard InChI is InChI=1S/C13H30N2O2/c1-13(2,3)12(14-4)7-8-15(5)9-11(16)10-17-6/h11-12,14,16H,7-10H2,1-6H3. The summed E-state index contributed by atoms with van der Waals surface area (Å²) in [5.41, 5.74) is 0.265. The Bertz CT molecular complexity index is 192. The summed E-state index contributed by atoms with van der Waals surface area (Å²) in [5.74, 6) is 0. The topological polar surface area (TPSA) is 44.7 Å². The van der Waals surface area contributed by atoms with Crippen LogP contribution in [0.3, 0.4) is 0 Å². The van der Waals surface area contributed by atoms with Gasteiger partial charge in [-0.25, -0.2) is 0 Å². The van der Waals surface area contributed by atoms with Crippen molar-refractivity contribution in [2.75, 3.05) is 40.9 Å². The molecule has 0 spiro atoms. The molecule has 0 bridgehead atoms. The molecule has 2 atom stereocenters. The molecule has 17 heavy (non-hydrogen) atoms. The summed E-state index contributed by atoms with van der Waals surface area (Å²) < 4.78 is 4.92. The minimum atomic E-state index is -0.396. The first-order chi connectivity index (χ1) is 7.81. The second-order valence-electron chi connectivity index (χ2n) is 5.87. The zero-order valence-electron chi connectivity index (χ0n) is 12.3. The zero-order valence-corrected chi connectivity index (χ0v) is 12.3. The van der Waals surface area contributed by atoms with E-state index in [0.717, 1.165) is 13.0 Å². The molecule has 0 aliphatic heterocycles. The van der Waals surface area contributed by atoms with Crippen LogP contribution in [0, 0.1) is 5.41 Å². The lowest BCUT2D eigenvalue weighted by Gasteiger charge is -2.32. The lowest BCUT2D eigenvalue weighted by molar-refractivity contribution is 0.0418. The molecule has 0 saturated carbocycles. The zero-order chi connectivity index (χ0) is 13.5. The van der Waals surface area contributed by atoms with E-state index in [4.69, 9.17) is 4.74 Å². The number of methoxy groups -OCH3 is 1. The third-order valence-electron chi connectivity index (χ3n) is 3.07. The Morgan fingerprint density at radius 1 is 1.35 bits per heavy atom. The Balaban J connectivity index is 3.93. The van der Waals surface area contributed by atoms with E-state index in [2.05, 4.69) is 31.0 Å². The molecular weight excluding hydrogens is 216 g/mol. The van der Waals surface area contributed by atoms with Crippen LogP contribution in [0.15, 0.2) is 0 Å². The number of nitrogens with zero attached hydrogens (tertiary/aromatic N) is 1. The van der Waals surface area contributed by atoms with Gasteiger partial charge in [-0.2, -0.15) is 0 Å². The van der Waals surface area contributed by atoms with Crippen molar-refractivity contribution in [2.45, 2.75) is 39.3 Å². The predicted octanol–water partition coefficient (Wildman–Crippen LogP) is 0.950. The second kappa shape index (κ2) is 8.03. The Hall–Kier alpha value is -0.160. The Kier molecular flexibility index (Phi) is 7.96. The Labute approximate surface area is 106 Å². The molecule has 0 saturated heterocycles. The molecule has 4 nitrogen and oxygen atoms in total. The van der Waals surface area contributed by atoms with E-state index in [9.17, 15) is 5.11 Å². The van der Waals surface area contributed by atoms with Crippen molar-refractivity contribution < 1.29 is 9.84 Å². The third-order valence-corrected chi connectivity index (χ3v) is 3.07. The summed E-state index contributed by atoms with van der Waals surface area (Å²) >= 11 is 0. The van der Waals surface area contributed by atoms with Gasteiger partial charge < -0.3 is 20.1 Å². The van der Waals surface area contributed by atoms with Crippen molar-refractivity contribution in [1.29, 1.82) is 0 Å². The minimum absolute atomic E-state index is 0.265. The molecule has 0 rings (SSSR count). The van der Waals surface area contributed by atoms with Crippen LogP contribution in [0.5, 0.6) is 0 Å². The molecule has 2 unspecified atom stereocenters. The minimum Gasteiger partial charge on any atom is -0.389 e. The number of nitrogens with one attached hydrogen (secondary N) is 1. The van der Waals surface area contributed by atoms with Crippen molar-refractivity contribution in [2.24, 2.45) is 5.41 Å². The third kappa shape index (κ3) is 7.71. The average molecular weight is 246 g/mol. The van der Waals surface area contributed by atoms with Gasteiger partial charge in [0.1, 0.15) is 0 Å². The summed E-state index contributed by atoms with van der Waals surface area (Å²) in [7, 11) is 5.66. The maximum atomic E-state index is 9.62. The highest BCUT2D eigenvalue weighted by Crippen LogP contribution is 2.21. The van der Waals surface area contributed by atoms with Gasteiger partial charge in [0.15, 0.2) is 0 Å². The van der Waals surface area contributed by atoms with Gasteiger partial charge in [-0.15, -0.1) is 0 Å². The summed E-state index contributed by atoms with van der Waals surface area (Å²) in [6.45, 7) is 8.77. The van der Waals surface area contributed by atoms with Gasteiger partial charge in [-0.1, -0.05) is 20.8 Å². The molecule has 0 heterocycles. The van der Waals surface area contributed by atoms with E-state index >= 15 is 0 Å². The highest BCUT2D eigenvalue weighted by molar-refractivity contribution is 4.80. The molecule has 4 heteroatoms. The molecule has 0 aliphatic rings. The summed E-state index contributed by atoms with van der Waals surface area (Å²) in [6, 6.07) is 0.490. The Morgan fingerprint density at radius 2 is 1.94 bits per heavy atom. The fraction of sp³-hybridized carbons (Fsp3) is 1.00. The monoisotopic (exact) mass is 246 g/mol. The van der Waals surface area contributed by atoms with Crippen LogP contribution in [-0.4, -0.2) is 63.1 Å². The van der Waals surface area contributed by atoms with Gasteiger partial charge in [0.25, 0.3) is 0 Å². The number of aliphatic hydroxyl groups excluding tert-OH is 1. The van der Waals surface area contributed by atoms with Gasteiger partial charge in [0.05, 0.1) is 12.7 Å². The summed E-state index contributed by atoms with van der Waals surface area (Å²) in [6.07, 6.45) is 0.684. The smallest absolute Gasteiger partial charge is 0.0899 e. The number of likely N-dealkylation sites (N-methyl/N-ethyl adjacent to an activating group) is 1. The average Bonchev–Trinajstić information content (AvgIpc) is 2.16. The summed E-state index contributed by atoms with van der Waals surface area (Å²) in [5, 5.41) is 13.0. The van der Waals surface area contributed by atoms with Crippen molar-refractivity contribution >= 4 is 0 Å². The first kappa shape index (κ1) is 16.8.